The lowest BCUT2D eigenvalue weighted by atomic mass is 9.95. The molecule has 30 heteroatoms. The first-order valence-electron chi connectivity index (χ1n) is 44.7. The molecule has 4 aromatic heterocycles. The van der Waals surface area contributed by atoms with E-state index in [1.807, 2.05) is 93.6 Å². The molecule has 0 spiro atoms. The van der Waals surface area contributed by atoms with Crippen LogP contribution in [0.2, 0.25) is 20.1 Å². The van der Waals surface area contributed by atoms with Crippen molar-refractivity contribution in [3.05, 3.63) is 383 Å². The maximum atomic E-state index is 13.7. The number of carboxylic acid groups (broad SMARTS) is 2. The van der Waals surface area contributed by atoms with E-state index < -0.39 is 75.4 Å². The first kappa shape index (κ1) is 111. The van der Waals surface area contributed by atoms with Crippen LogP contribution in [0.4, 0.5) is 0 Å². The van der Waals surface area contributed by atoms with Gasteiger partial charge < -0.3 is 47.8 Å². The van der Waals surface area contributed by atoms with E-state index >= 15 is 0 Å². The smallest absolute Gasteiger partial charge is 0.335 e. The summed E-state index contributed by atoms with van der Waals surface area (Å²) in [6.45, 7) is 24.1. The summed E-state index contributed by atoms with van der Waals surface area (Å²) in [4.78, 5) is 163. The Morgan fingerprint density at radius 1 is 0.345 bits per heavy atom. The van der Waals surface area contributed by atoms with E-state index in [-0.39, 0.29) is 72.5 Å². The van der Waals surface area contributed by atoms with Gasteiger partial charge in [0, 0.05) is 120 Å². The quantitative estimate of drug-likeness (QED) is 0.0240. The minimum Gasteiger partial charge on any atom is -0.495 e. The van der Waals surface area contributed by atoms with Gasteiger partial charge in [0.05, 0.1) is 64.8 Å². The summed E-state index contributed by atoms with van der Waals surface area (Å²) in [7, 11) is 5.78. The number of aromatic carboxylic acids is 1. The Balaban J connectivity index is 0.000000206. The minimum absolute atomic E-state index is 0.00425. The van der Waals surface area contributed by atoms with Gasteiger partial charge in [0.1, 0.15) is 52.8 Å². The van der Waals surface area contributed by atoms with Crippen LogP contribution in [0.25, 0.3) is 44.5 Å². The molecule has 13 aromatic rings. The number of ether oxygens (including phenoxy) is 6. The molecule has 25 nitrogen and oxygen atoms in total. The van der Waals surface area contributed by atoms with Crippen LogP contribution in [0.15, 0.2) is 262 Å². The number of esters is 2. The van der Waals surface area contributed by atoms with Crippen molar-refractivity contribution in [1.82, 2.24) is 18.3 Å². The second-order valence-corrected chi connectivity index (χ2v) is 37.9. The fourth-order valence-corrected chi connectivity index (χ4v) is 16.2. The number of alkyl halides is 1. The third-order valence-corrected chi connectivity index (χ3v) is 23.9. The number of rotatable bonds is 30. The number of Topliss-reactive ketones (excluding diaryl/α,β-unsaturated/α-hetero) is 5. The zero-order chi connectivity index (χ0) is 105. The standard InChI is InChI=1S/C32H28ClNO6.C28H30ClNO5.C24H22ClNO5.C20H22ClNO5.C8H9Br/c1-19-4-6-21(7-5-19)14-28(29(36)15-22-8-10-23(11-9-22)32(38)39)34-18-30(40-3)27(17-31(34)37)26-16-24(33)12-13-25(26)20(2)35;1-17-7-9-19(10-8-17)13-24(27(33)35-28(3,4)5)30-16-25(34-6)23(15-26(30)32)22-14-20(29)11-12-21(22)18(2)31;1-14-4-6-16(7-5-14)10-21(24(29)30)26-13-22(31-3)20(12-23(26)28)19-11-17(25)8-9-18(19)15(2)27;1-12(23)14-7-6-13(21)8-15(14)16-9-18(24)22(10-17(16)26-5)11-19(25)27-20(2,3)4;1-7-2-4-8(6-9)5-3-7/h4-13,16-18,28H,14-15H2,1-3H3,(H,38,39);7-12,14-16,24H,13H2,1-6H3;4-9,11-13,21H,10H2,1-3H3,(H,29,30);6-10H,11H2,1-5H3;2-5H,6H2,1H3. The summed E-state index contributed by atoms with van der Waals surface area (Å²) in [6.07, 6.45) is 6.42. The predicted octanol–water partition coefficient (Wildman–Crippen LogP) is 23.0. The fourth-order valence-electron chi connectivity index (χ4n) is 15.1. The molecular weight excluding hydrogens is 1960 g/mol. The Morgan fingerprint density at radius 3 is 0.923 bits per heavy atom. The van der Waals surface area contributed by atoms with Gasteiger partial charge in [-0.15, -0.1) is 0 Å². The average Bonchev–Trinajstić information content (AvgIpc) is 0.783. The number of aryl methyl sites for hydroxylation is 4. The van der Waals surface area contributed by atoms with E-state index in [1.54, 1.807) is 126 Å². The Morgan fingerprint density at radius 2 is 0.627 bits per heavy atom. The Kier molecular flexibility index (Phi) is 39.5. The molecule has 0 aliphatic rings. The van der Waals surface area contributed by atoms with Crippen LogP contribution in [0.5, 0.6) is 23.0 Å². The second kappa shape index (κ2) is 50.3. The van der Waals surface area contributed by atoms with Gasteiger partial charge in [-0.3, -0.25) is 57.1 Å². The molecule has 0 aliphatic carbocycles. The SMILES string of the molecule is COc1cn(C(Cc2ccc(C)cc2)C(=O)Cc2ccc(C(=O)O)cc2)c(=O)cc1-c1cc(Cl)ccc1C(C)=O.COc1cn(C(Cc2ccc(C)cc2)C(=O)O)c(=O)cc1-c1cc(Cl)ccc1C(C)=O.COc1cn(C(Cc2ccc(C)cc2)C(=O)OC(C)(C)C)c(=O)cc1-c1cc(Cl)ccc1C(C)=O.COc1cn(CC(=O)OC(C)(C)C)c(=O)cc1-c1cc(Cl)ccc1C(C)=O.Cc1ccc(CBr)cc1. The number of aliphatic carboxylic acids is 1. The molecule has 0 saturated heterocycles. The highest BCUT2D eigenvalue weighted by Gasteiger charge is 2.32. The third kappa shape index (κ3) is 30.9. The number of hydrogen-bond donors (Lipinski definition) is 2. The maximum Gasteiger partial charge on any atom is 0.335 e. The van der Waals surface area contributed by atoms with E-state index in [9.17, 15) is 72.5 Å². The van der Waals surface area contributed by atoms with Crippen molar-refractivity contribution < 1.29 is 81.8 Å². The van der Waals surface area contributed by atoms with Gasteiger partial charge in [0.25, 0.3) is 22.2 Å². The number of carbonyl (C=O) groups excluding carboxylic acids is 7. The summed E-state index contributed by atoms with van der Waals surface area (Å²) < 4.78 is 38.0. The molecule has 0 amide bonds. The maximum absolute atomic E-state index is 13.7. The molecule has 4 heterocycles. The Labute approximate surface area is 851 Å². The van der Waals surface area contributed by atoms with Crippen molar-refractivity contribution in [2.45, 2.75) is 164 Å². The van der Waals surface area contributed by atoms with E-state index in [2.05, 4.69) is 47.1 Å². The van der Waals surface area contributed by atoms with Crippen LogP contribution < -0.4 is 41.2 Å². The largest absolute Gasteiger partial charge is 0.495 e. The van der Waals surface area contributed by atoms with Crippen molar-refractivity contribution >= 4 is 115 Å². The highest BCUT2D eigenvalue weighted by atomic mass is 79.9. The normalized spacial score (nSPS) is 11.6. The topological polar surface area (TPSA) is 337 Å². The number of carboxylic acids is 2. The number of methoxy groups -OCH3 is 4. The molecule has 142 heavy (non-hydrogen) atoms. The van der Waals surface area contributed by atoms with Gasteiger partial charge in [-0.25, -0.2) is 14.4 Å². The molecule has 13 rings (SSSR count). The number of halogens is 5. The molecule has 0 radical (unpaired) electrons. The average molecular weight is 2070 g/mol. The molecule has 2 N–H and O–H groups in total. The zero-order valence-electron chi connectivity index (χ0n) is 81.9. The predicted molar refractivity (Wildman–Crippen MR) is 558 cm³/mol. The number of benzene rings is 9. The van der Waals surface area contributed by atoms with Gasteiger partial charge >= 0.3 is 23.9 Å². The molecule has 3 unspecified atom stereocenters. The molecule has 3 atom stereocenters. The van der Waals surface area contributed by atoms with Crippen molar-refractivity contribution in [3.8, 4) is 67.5 Å². The number of aromatic nitrogens is 4. The zero-order valence-corrected chi connectivity index (χ0v) is 86.5. The summed E-state index contributed by atoms with van der Waals surface area (Å²) in [5.41, 5.74) is 11.0. The highest BCUT2D eigenvalue weighted by molar-refractivity contribution is 9.08. The van der Waals surface area contributed by atoms with Crippen LogP contribution in [0.1, 0.15) is 189 Å². The van der Waals surface area contributed by atoms with Crippen molar-refractivity contribution in [1.29, 1.82) is 0 Å². The molecule has 9 aromatic carbocycles. The van der Waals surface area contributed by atoms with E-state index in [0.29, 0.717) is 110 Å². The van der Waals surface area contributed by atoms with Gasteiger partial charge in [0.2, 0.25) is 0 Å². The first-order chi connectivity index (χ1) is 67.0. The van der Waals surface area contributed by atoms with Crippen LogP contribution in [-0.2, 0) is 66.2 Å². The monoisotopic (exact) mass is 2070 g/mol. The van der Waals surface area contributed by atoms with Crippen molar-refractivity contribution in [2.75, 3.05) is 28.4 Å². The van der Waals surface area contributed by atoms with Gasteiger partial charge in [0.15, 0.2) is 28.9 Å². The van der Waals surface area contributed by atoms with Crippen LogP contribution in [-0.4, -0.2) is 121 Å². The number of pyridine rings is 4. The molecular formula is C112H111BrCl4N4O21. The van der Waals surface area contributed by atoms with Gasteiger partial charge in [-0.05, 0) is 232 Å². The number of ketones is 5. The summed E-state index contributed by atoms with van der Waals surface area (Å²) in [5, 5.41) is 21.6. The Hall–Kier alpha value is -14.2. The lowest BCUT2D eigenvalue weighted by Crippen LogP contribution is -2.36. The molecule has 0 saturated carbocycles. The van der Waals surface area contributed by atoms with Crippen LogP contribution in [0, 0.1) is 27.7 Å². The summed E-state index contributed by atoms with van der Waals surface area (Å²) in [6, 6.07) is 59.2. The lowest BCUT2D eigenvalue weighted by Gasteiger charge is -2.26. The summed E-state index contributed by atoms with van der Waals surface area (Å²) >= 11 is 28.0. The van der Waals surface area contributed by atoms with Crippen LogP contribution in [0.3, 0.4) is 0 Å². The van der Waals surface area contributed by atoms with E-state index in [0.717, 1.165) is 43.3 Å². The van der Waals surface area contributed by atoms with E-state index in [4.69, 9.17) is 74.8 Å². The van der Waals surface area contributed by atoms with E-state index in [1.165, 1.54) is 142 Å². The number of nitrogens with zero attached hydrogens (tertiary/aromatic N) is 4. The first-order valence-corrected chi connectivity index (χ1v) is 47.4. The molecule has 0 bridgehead atoms. The Bertz CT molecular complexity index is 7100. The summed E-state index contributed by atoms with van der Waals surface area (Å²) in [5.74, 6) is -2.98. The molecule has 0 fully saturated rings. The third-order valence-electron chi connectivity index (χ3n) is 22.3. The second-order valence-electron chi connectivity index (χ2n) is 35.5. The van der Waals surface area contributed by atoms with Crippen LogP contribution >= 0.6 is 62.3 Å². The fraction of sp³-hybridized carbons (Fsp3) is 0.259. The highest BCUT2D eigenvalue weighted by Crippen LogP contribution is 2.40. The van der Waals surface area contributed by atoms with Crippen molar-refractivity contribution in [2.24, 2.45) is 0 Å². The number of hydrogen-bond acceptors (Lipinski definition) is 19. The van der Waals surface area contributed by atoms with Crippen molar-refractivity contribution in [3.63, 3.8) is 0 Å². The van der Waals surface area contributed by atoms with Gasteiger partial charge in [-0.2, -0.15) is 0 Å². The minimum atomic E-state index is -1.13. The molecule has 0 aliphatic heterocycles. The number of carbonyl (C=O) groups is 9. The lowest BCUT2D eigenvalue weighted by molar-refractivity contribution is -0.159. The van der Waals surface area contributed by atoms with Gasteiger partial charge in [-0.1, -0.05) is 194 Å². The molecule has 740 valence electrons.